The molecule has 0 nitrogen and oxygen atoms in total. The van der Waals surface area contributed by atoms with Gasteiger partial charge in [-0.2, -0.15) is 0 Å². The van der Waals surface area contributed by atoms with E-state index in [9.17, 15) is 0 Å². The first-order valence-corrected chi connectivity index (χ1v) is 8.62. The topological polar surface area (TPSA) is 0 Å². The molecule has 0 saturated carbocycles. The van der Waals surface area contributed by atoms with Crippen molar-refractivity contribution in [1.29, 1.82) is 0 Å². The molecule has 0 aromatic rings. The van der Waals surface area contributed by atoms with E-state index in [4.69, 9.17) is 0 Å². The molecule has 0 radical (unpaired) electrons. The summed E-state index contributed by atoms with van der Waals surface area (Å²) < 4.78 is 0. The molecule has 0 unspecified atom stereocenters. The quantitative estimate of drug-likeness (QED) is 0.522. The van der Waals surface area contributed by atoms with Crippen molar-refractivity contribution in [2.45, 2.75) is 71.1 Å². The molecule has 0 spiro atoms. The zero-order valence-corrected chi connectivity index (χ0v) is 12.0. The molecule has 1 saturated heterocycles. The van der Waals surface area contributed by atoms with Gasteiger partial charge in [0.05, 0.1) is 0 Å². The molecule has 0 bridgehead atoms. The van der Waals surface area contributed by atoms with E-state index in [1.54, 1.807) is 12.3 Å². The van der Waals surface area contributed by atoms with E-state index in [1.165, 1.54) is 19.3 Å². The van der Waals surface area contributed by atoms with Gasteiger partial charge < -0.3 is 0 Å². The Morgan fingerprint density at radius 3 is 1.21 bits per heavy atom. The SMILES string of the molecule is CC(C)(C)[PH]1(C(C)(C)C)CCCCC1. The maximum atomic E-state index is 2.50. The predicted molar refractivity (Wildman–Crippen MR) is 71.4 cm³/mol. The van der Waals surface area contributed by atoms with Crippen LogP contribution in [0.2, 0.25) is 0 Å². The Morgan fingerprint density at radius 1 is 0.643 bits per heavy atom. The Labute approximate surface area is 91.2 Å². The molecule has 0 amide bonds. The summed E-state index contributed by atoms with van der Waals surface area (Å²) in [5.41, 5.74) is 0. The minimum atomic E-state index is -1.09. The van der Waals surface area contributed by atoms with Crippen LogP contribution in [0.5, 0.6) is 0 Å². The molecular weight excluding hydrogens is 187 g/mol. The standard InChI is InChI=1S/C13H29P/c1-12(2,3)14(13(4,5)6)10-8-7-9-11-14/h14H,7-11H2,1-6H3. The summed E-state index contributed by atoms with van der Waals surface area (Å²) in [5, 5.41) is 1.18. The fourth-order valence-electron chi connectivity index (χ4n) is 3.78. The molecule has 0 aromatic heterocycles. The van der Waals surface area contributed by atoms with Gasteiger partial charge in [0.1, 0.15) is 0 Å². The summed E-state index contributed by atoms with van der Waals surface area (Å²) in [6.07, 6.45) is 7.63. The van der Waals surface area contributed by atoms with E-state index in [-0.39, 0.29) is 0 Å². The first-order chi connectivity index (χ1) is 6.21. The van der Waals surface area contributed by atoms with Gasteiger partial charge in [0, 0.05) is 0 Å². The predicted octanol–water partition coefficient (Wildman–Crippen LogP) is 4.52. The van der Waals surface area contributed by atoms with Crippen molar-refractivity contribution in [3.63, 3.8) is 0 Å². The van der Waals surface area contributed by atoms with Crippen LogP contribution in [0.15, 0.2) is 0 Å². The van der Waals surface area contributed by atoms with Crippen molar-refractivity contribution in [2.75, 3.05) is 12.3 Å². The van der Waals surface area contributed by atoms with Crippen LogP contribution < -0.4 is 0 Å². The van der Waals surface area contributed by atoms with Crippen LogP contribution in [-0.2, 0) is 0 Å². The van der Waals surface area contributed by atoms with E-state index in [0.717, 1.165) is 0 Å². The van der Waals surface area contributed by atoms with Gasteiger partial charge in [0.25, 0.3) is 0 Å². The summed E-state index contributed by atoms with van der Waals surface area (Å²) in [7, 11) is -1.09. The fraction of sp³-hybridized carbons (Fsp3) is 1.00. The van der Waals surface area contributed by atoms with Crippen molar-refractivity contribution in [1.82, 2.24) is 0 Å². The van der Waals surface area contributed by atoms with Gasteiger partial charge in [-0.05, 0) is 0 Å². The third-order valence-electron chi connectivity index (χ3n) is 4.58. The molecular formula is C13H29P. The second kappa shape index (κ2) is 3.78. The molecule has 1 aliphatic heterocycles. The Hall–Kier alpha value is 0.430. The molecule has 0 N–H and O–H groups in total. The van der Waals surface area contributed by atoms with Gasteiger partial charge in [-0.1, -0.05) is 0 Å². The minimum absolute atomic E-state index is 0.589. The molecule has 1 fully saturated rings. The average Bonchev–Trinajstić information content (AvgIpc) is 2.02. The van der Waals surface area contributed by atoms with Gasteiger partial charge in [-0.25, -0.2) is 0 Å². The molecule has 86 valence electrons. The first-order valence-electron chi connectivity index (χ1n) is 6.21. The van der Waals surface area contributed by atoms with E-state index in [1.807, 2.05) is 0 Å². The summed E-state index contributed by atoms with van der Waals surface area (Å²) in [6, 6.07) is 0. The van der Waals surface area contributed by atoms with Gasteiger partial charge in [0.15, 0.2) is 0 Å². The summed E-state index contributed by atoms with van der Waals surface area (Å²) in [4.78, 5) is 0. The molecule has 1 heterocycles. The Morgan fingerprint density at radius 2 is 1.00 bits per heavy atom. The fourth-order valence-corrected chi connectivity index (χ4v) is 11.0. The van der Waals surface area contributed by atoms with Crippen LogP contribution in [0.4, 0.5) is 0 Å². The second-order valence-corrected chi connectivity index (χ2v) is 13.3. The first kappa shape index (κ1) is 12.5. The summed E-state index contributed by atoms with van der Waals surface area (Å²) in [5.74, 6) is 0. The third-order valence-corrected chi connectivity index (χ3v) is 12.7. The maximum absolute atomic E-state index is 2.50. The van der Waals surface area contributed by atoms with Gasteiger partial charge in [-0.15, -0.1) is 0 Å². The van der Waals surface area contributed by atoms with Crippen LogP contribution in [0.1, 0.15) is 60.8 Å². The molecule has 1 heteroatoms. The zero-order chi connectivity index (χ0) is 11.0. The normalized spacial score (nSPS) is 25.9. The van der Waals surface area contributed by atoms with Crippen LogP contribution in [0.3, 0.4) is 0 Å². The average molecular weight is 216 g/mol. The van der Waals surface area contributed by atoms with E-state index < -0.39 is 7.26 Å². The van der Waals surface area contributed by atoms with Crippen molar-refractivity contribution in [3.05, 3.63) is 0 Å². The molecule has 0 aromatic carbocycles. The molecule has 1 rings (SSSR count). The molecule has 0 aliphatic carbocycles. The molecule has 1 aliphatic rings. The van der Waals surface area contributed by atoms with Crippen LogP contribution in [0, 0.1) is 0 Å². The van der Waals surface area contributed by atoms with Crippen molar-refractivity contribution >= 4 is 7.26 Å². The monoisotopic (exact) mass is 216 g/mol. The Kier molecular flexibility index (Phi) is 3.37. The zero-order valence-electron chi connectivity index (χ0n) is 11.0. The molecule has 0 atom stereocenters. The van der Waals surface area contributed by atoms with Gasteiger partial charge in [-0.3, -0.25) is 0 Å². The summed E-state index contributed by atoms with van der Waals surface area (Å²) in [6.45, 7) is 15.0. The third kappa shape index (κ3) is 2.01. The Balaban J connectivity index is 3.01. The van der Waals surface area contributed by atoms with Crippen molar-refractivity contribution < 1.29 is 0 Å². The van der Waals surface area contributed by atoms with Crippen LogP contribution >= 0.6 is 7.26 Å². The van der Waals surface area contributed by atoms with E-state index in [2.05, 4.69) is 41.5 Å². The number of hydrogen-bond acceptors (Lipinski definition) is 0. The van der Waals surface area contributed by atoms with Crippen LogP contribution in [0.25, 0.3) is 0 Å². The number of hydrogen-bond donors (Lipinski definition) is 0. The second-order valence-electron chi connectivity index (χ2n) is 7.14. The van der Waals surface area contributed by atoms with Crippen LogP contribution in [-0.4, -0.2) is 22.6 Å². The van der Waals surface area contributed by atoms with Crippen molar-refractivity contribution in [2.24, 2.45) is 0 Å². The van der Waals surface area contributed by atoms with Crippen molar-refractivity contribution in [3.8, 4) is 0 Å². The summed E-state index contributed by atoms with van der Waals surface area (Å²) >= 11 is 0. The van der Waals surface area contributed by atoms with Gasteiger partial charge in [0.2, 0.25) is 0 Å². The van der Waals surface area contributed by atoms with E-state index in [0.29, 0.717) is 10.3 Å². The molecule has 14 heavy (non-hydrogen) atoms. The van der Waals surface area contributed by atoms with E-state index >= 15 is 0 Å². The number of rotatable bonds is 0. The Bertz CT molecular complexity index is 170. The van der Waals surface area contributed by atoms with Gasteiger partial charge >= 0.3 is 90.7 Å².